The first-order valence-electron chi connectivity index (χ1n) is 6.71. The summed E-state index contributed by atoms with van der Waals surface area (Å²) in [4.78, 5) is 12.4. The molecule has 1 aromatic rings. The number of nitrogens with one attached hydrogen (secondary N) is 1. The molecule has 1 N–H and O–H groups in total. The van der Waals surface area contributed by atoms with Crippen LogP contribution in [0, 0.1) is 19.3 Å². The number of carbonyl (C=O) groups excluding carboxylic acids is 1. The van der Waals surface area contributed by atoms with Crippen LogP contribution in [-0.2, 0) is 9.05 Å². The van der Waals surface area contributed by atoms with E-state index >= 15 is 0 Å². The largest absolute Gasteiger partial charge is 0.349 e. The van der Waals surface area contributed by atoms with E-state index in [9.17, 15) is 13.2 Å². The summed E-state index contributed by atoms with van der Waals surface area (Å²) in [6, 6.07) is 2.75. The summed E-state index contributed by atoms with van der Waals surface area (Å²) in [6.07, 6.45) is 0. The molecule has 4 nitrogen and oxygen atoms in total. The van der Waals surface area contributed by atoms with Crippen molar-refractivity contribution in [3.8, 4) is 0 Å². The number of amides is 1. The van der Waals surface area contributed by atoms with Gasteiger partial charge in [-0.1, -0.05) is 20.8 Å². The minimum absolute atomic E-state index is 0.0547. The molecule has 0 heterocycles. The molecule has 1 atom stereocenters. The van der Waals surface area contributed by atoms with E-state index in [0.717, 1.165) is 5.56 Å². The van der Waals surface area contributed by atoms with Gasteiger partial charge in [0.15, 0.2) is 0 Å². The lowest BCUT2D eigenvalue weighted by atomic mass is 9.88. The van der Waals surface area contributed by atoms with Gasteiger partial charge >= 0.3 is 0 Å². The van der Waals surface area contributed by atoms with Crippen molar-refractivity contribution in [2.24, 2.45) is 5.41 Å². The molecule has 0 spiro atoms. The minimum atomic E-state index is -3.86. The van der Waals surface area contributed by atoms with Crippen molar-refractivity contribution >= 4 is 25.6 Å². The van der Waals surface area contributed by atoms with Crippen molar-refractivity contribution in [1.82, 2.24) is 5.32 Å². The average Bonchev–Trinajstić information content (AvgIpc) is 2.29. The SMILES string of the molecule is Cc1cc(S(=O)(=O)Cl)cc(C(=O)NC(C)C(C)(C)C)c1C. The molecule has 0 aromatic heterocycles. The zero-order valence-electron chi connectivity index (χ0n) is 13.2. The highest BCUT2D eigenvalue weighted by Gasteiger charge is 2.24. The highest BCUT2D eigenvalue weighted by Crippen LogP contribution is 2.24. The number of halogens is 1. The molecule has 118 valence electrons. The molecule has 0 bridgehead atoms. The first-order valence-corrected chi connectivity index (χ1v) is 9.01. The third-order valence-electron chi connectivity index (χ3n) is 3.81. The smallest absolute Gasteiger partial charge is 0.261 e. The van der Waals surface area contributed by atoms with Crippen LogP contribution in [-0.4, -0.2) is 20.4 Å². The number of carbonyl (C=O) groups is 1. The molecule has 6 heteroatoms. The van der Waals surface area contributed by atoms with Gasteiger partial charge < -0.3 is 5.32 Å². The normalized spacial score (nSPS) is 13.9. The maximum absolute atomic E-state index is 12.4. The van der Waals surface area contributed by atoms with Crippen LogP contribution in [0.3, 0.4) is 0 Å². The van der Waals surface area contributed by atoms with Crippen LogP contribution < -0.4 is 5.32 Å². The van der Waals surface area contributed by atoms with Crippen molar-refractivity contribution in [3.05, 3.63) is 28.8 Å². The molecule has 0 aliphatic rings. The maximum atomic E-state index is 12.4. The van der Waals surface area contributed by atoms with E-state index in [2.05, 4.69) is 5.32 Å². The molecular weight excluding hydrogens is 310 g/mol. The highest BCUT2D eigenvalue weighted by molar-refractivity contribution is 8.13. The van der Waals surface area contributed by atoms with Gasteiger partial charge in [-0.2, -0.15) is 0 Å². The van der Waals surface area contributed by atoms with E-state index in [1.165, 1.54) is 12.1 Å². The van der Waals surface area contributed by atoms with Crippen LogP contribution >= 0.6 is 10.7 Å². The van der Waals surface area contributed by atoms with E-state index in [-0.39, 0.29) is 22.3 Å². The summed E-state index contributed by atoms with van der Waals surface area (Å²) < 4.78 is 23.0. The van der Waals surface area contributed by atoms with Gasteiger partial charge in [-0.05, 0) is 49.4 Å². The van der Waals surface area contributed by atoms with Crippen LogP contribution in [0.5, 0.6) is 0 Å². The first-order chi connectivity index (χ1) is 9.34. The molecule has 0 aliphatic heterocycles. The predicted molar refractivity (Wildman–Crippen MR) is 85.3 cm³/mol. The lowest BCUT2D eigenvalue weighted by molar-refractivity contribution is 0.0909. The van der Waals surface area contributed by atoms with E-state index in [1.807, 2.05) is 27.7 Å². The zero-order valence-corrected chi connectivity index (χ0v) is 14.8. The van der Waals surface area contributed by atoms with Crippen LogP contribution in [0.25, 0.3) is 0 Å². The number of aryl methyl sites for hydroxylation is 1. The van der Waals surface area contributed by atoms with Gasteiger partial charge in [0.2, 0.25) is 0 Å². The predicted octanol–water partition coefficient (Wildman–Crippen LogP) is 3.40. The number of hydrogen-bond acceptors (Lipinski definition) is 3. The third kappa shape index (κ3) is 4.45. The molecular formula is C15H22ClNO3S. The van der Waals surface area contributed by atoms with Crippen molar-refractivity contribution in [2.45, 2.75) is 52.5 Å². The molecule has 0 fully saturated rings. The fraction of sp³-hybridized carbons (Fsp3) is 0.533. The molecule has 21 heavy (non-hydrogen) atoms. The van der Waals surface area contributed by atoms with E-state index in [0.29, 0.717) is 11.1 Å². The van der Waals surface area contributed by atoms with Crippen LogP contribution in [0.15, 0.2) is 17.0 Å². The van der Waals surface area contributed by atoms with E-state index in [4.69, 9.17) is 10.7 Å². The summed E-state index contributed by atoms with van der Waals surface area (Å²) in [5.74, 6) is -0.291. The van der Waals surface area contributed by atoms with Gasteiger partial charge in [0.1, 0.15) is 0 Å². The summed E-state index contributed by atoms with van der Waals surface area (Å²) >= 11 is 0. The number of benzene rings is 1. The van der Waals surface area contributed by atoms with Crippen molar-refractivity contribution in [1.29, 1.82) is 0 Å². The Morgan fingerprint density at radius 2 is 1.76 bits per heavy atom. The van der Waals surface area contributed by atoms with Gasteiger partial charge in [-0.15, -0.1) is 0 Å². The number of hydrogen-bond donors (Lipinski definition) is 1. The fourth-order valence-electron chi connectivity index (χ4n) is 1.69. The summed E-state index contributed by atoms with van der Waals surface area (Å²) in [5.41, 5.74) is 1.71. The molecule has 1 rings (SSSR count). The quantitative estimate of drug-likeness (QED) is 0.863. The fourth-order valence-corrected chi connectivity index (χ4v) is 2.54. The Morgan fingerprint density at radius 1 is 1.24 bits per heavy atom. The Morgan fingerprint density at radius 3 is 2.19 bits per heavy atom. The Balaban J connectivity index is 3.24. The van der Waals surface area contributed by atoms with Crippen LogP contribution in [0.1, 0.15) is 49.2 Å². The molecule has 1 amide bonds. The molecule has 0 saturated heterocycles. The monoisotopic (exact) mass is 331 g/mol. The molecule has 0 aliphatic carbocycles. The first kappa shape index (κ1) is 18.0. The van der Waals surface area contributed by atoms with E-state index in [1.54, 1.807) is 13.8 Å². The minimum Gasteiger partial charge on any atom is -0.349 e. The second-order valence-electron chi connectivity index (χ2n) is 6.41. The molecule has 1 unspecified atom stereocenters. The Kier molecular flexibility index (Phi) is 5.11. The molecule has 0 radical (unpaired) electrons. The lowest BCUT2D eigenvalue weighted by Gasteiger charge is -2.28. The van der Waals surface area contributed by atoms with Crippen molar-refractivity contribution in [3.63, 3.8) is 0 Å². The zero-order chi connectivity index (χ0) is 16.6. The summed E-state index contributed by atoms with van der Waals surface area (Å²) in [6.45, 7) is 11.5. The summed E-state index contributed by atoms with van der Waals surface area (Å²) in [7, 11) is 1.52. The van der Waals surface area contributed by atoms with Gasteiger partial charge in [0.25, 0.3) is 15.0 Å². The Labute approximate surface area is 131 Å². The number of rotatable bonds is 3. The second-order valence-corrected chi connectivity index (χ2v) is 8.98. The second kappa shape index (κ2) is 5.97. The van der Waals surface area contributed by atoms with Gasteiger partial charge in [-0.25, -0.2) is 8.42 Å². The maximum Gasteiger partial charge on any atom is 0.261 e. The Bertz CT molecular complexity index is 660. The standard InChI is InChI=1S/C15H22ClNO3S/c1-9-7-12(21(16,19)20)8-13(10(9)2)14(18)17-11(3)15(4,5)6/h7-8,11H,1-6H3,(H,17,18). The highest BCUT2D eigenvalue weighted by atomic mass is 35.7. The molecule has 1 aromatic carbocycles. The lowest BCUT2D eigenvalue weighted by Crippen LogP contribution is -2.41. The van der Waals surface area contributed by atoms with Gasteiger partial charge in [0, 0.05) is 22.3 Å². The third-order valence-corrected chi connectivity index (χ3v) is 5.15. The Hall–Kier alpha value is -1.07. The van der Waals surface area contributed by atoms with Crippen LogP contribution in [0.4, 0.5) is 0 Å². The average molecular weight is 332 g/mol. The van der Waals surface area contributed by atoms with Crippen LogP contribution in [0.2, 0.25) is 0 Å². The van der Waals surface area contributed by atoms with E-state index < -0.39 is 9.05 Å². The summed E-state index contributed by atoms with van der Waals surface area (Å²) in [5, 5.41) is 2.91. The van der Waals surface area contributed by atoms with Crippen molar-refractivity contribution < 1.29 is 13.2 Å². The molecule has 0 saturated carbocycles. The van der Waals surface area contributed by atoms with Crippen molar-refractivity contribution in [2.75, 3.05) is 0 Å². The topological polar surface area (TPSA) is 63.2 Å². The van der Waals surface area contributed by atoms with Gasteiger partial charge in [0.05, 0.1) is 4.90 Å². The van der Waals surface area contributed by atoms with Gasteiger partial charge in [-0.3, -0.25) is 4.79 Å².